The van der Waals surface area contributed by atoms with Crippen molar-refractivity contribution in [3.63, 3.8) is 0 Å². The Morgan fingerprint density at radius 3 is 2.55 bits per heavy atom. The number of nitrogens with zero attached hydrogens (tertiary/aromatic N) is 4. The number of hydrogen-bond donors (Lipinski definition) is 2. The SMILES string of the molecule is O=[N+]([O-])c1ccc([C@H](O)CNc2nc(-c3cccnc3)nc3ccccc23)cc1. The highest BCUT2D eigenvalue weighted by Crippen LogP contribution is 2.25. The van der Waals surface area contributed by atoms with Crippen molar-refractivity contribution in [1.29, 1.82) is 0 Å². The number of rotatable bonds is 6. The Kier molecular flexibility index (Phi) is 5.08. The molecule has 0 aliphatic rings. The first kappa shape index (κ1) is 18.5. The summed E-state index contributed by atoms with van der Waals surface area (Å²) in [5.74, 6) is 1.12. The highest BCUT2D eigenvalue weighted by molar-refractivity contribution is 5.90. The van der Waals surface area contributed by atoms with Crippen molar-refractivity contribution in [2.45, 2.75) is 6.10 Å². The minimum Gasteiger partial charge on any atom is -0.387 e. The summed E-state index contributed by atoms with van der Waals surface area (Å²) in [6.07, 6.45) is 2.52. The lowest BCUT2D eigenvalue weighted by molar-refractivity contribution is -0.384. The van der Waals surface area contributed by atoms with Crippen molar-refractivity contribution in [2.75, 3.05) is 11.9 Å². The van der Waals surface area contributed by atoms with Gasteiger partial charge >= 0.3 is 0 Å². The molecule has 0 radical (unpaired) electrons. The van der Waals surface area contributed by atoms with Crippen molar-refractivity contribution in [2.24, 2.45) is 0 Å². The Morgan fingerprint density at radius 1 is 1.03 bits per heavy atom. The molecule has 4 aromatic rings. The Morgan fingerprint density at radius 2 is 1.83 bits per heavy atom. The summed E-state index contributed by atoms with van der Waals surface area (Å²) in [6.45, 7) is 0.186. The van der Waals surface area contributed by atoms with E-state index in [1.54, 1.807) is 24.5 Å². The van der Waals surface area contributed by atoms with Crippen LogP contribution in [0.5, 0.6) is 0 Å². The molecule has 0 unspecified atom stereocenters. The molecule has 2 aromatic carbocycles. The van der Waals surface area contributed by atoms with Crippen molar-refractivity contribution >= 4 is 22.4 Å². The molecular formula is C21H17N5O3. The van der Waals surface area contributed by atoms with Gasteiger partial charge in [-0.25, -0.2) is 9.97 Å². The number of pyridine rings is 1. The van der Waals surface area contributed by atoms with E-state index < -0.39 is 11.0 Å². The fraction of sp³-hybridized carbons (Fsp3) is 0.0952. The zero-order chi connectivity index (χ0) is 20.2. The predicted octanol–water partition coefficient (Wildman–Crippen LogP) is 3.75. The van der Waals surface area contributed by atoms with Crippen LogP contribution in [0.3, 0.4) is 0 Å². The quantitative estimate of drug-likeness (QED) is 0.382. The normalized spacial score (nSPS) is 11.9. The van der Waals surface area contributed by atoms with Crippen LogP contribution in [0, 0.1) is 10.1 Å². The number of non-ortho nitro benzene ring substituents is 1. The molecule has 29 heavy (non-hydrogen) atoms. The molecule has 2 N–H and O–H groups in total. The lowest BCUT2D eigenvalue weighted by Gasteiger charge is -2.15. The first-order chi connectivity index (χ1) is 14.1. The number of nitro groups is 1. The maximum Gasteiger partial charge on any atom is 0.269 e. The van der Waals surface area contributed by atoms with E-state index in [0.717, 1.165) is 16.5 Å². The first-order valence-electron chi connectivity index (χ1n) is 8.95. The number of fused-ring (bicyclic) bond motifs is 1. The van der Waals surface area contributed by atoms with Crippen molar-refractivity contribution < 1.29 is 10.0 Å². The van der Waals surface area contributed by atoms with Gasteiger partial charge in [0.1, 0.15) is 5.82 Å². The van der Waals surface area contributed by atoms with E-state index in [2.05, 4.69) is 20.3 Å². The number of aromatic nitrogens is 3. The molecule has 0 aliphatic carbocycles. The lowest BCUT2D eigenvalue weighted by Crippen LogP contribution is -2.14. The zero-order valence-electron chi connectivity index (χ0n) is 15.3. The van der Waals surface area contributed by atoms with Gasteiger partial charge in [0, 0.05) is 42.0 Å². The number of nitro benzene ring substituents is 1. The van der Waals surface area contributed by atoms with Gasteiger partial charge in [0.25, 0.3) is 5.69 Å². The highest BCUT2D eigenvalue weighted by atomic mass is 16.6. The predicted molar refractivity (Wildman–Crippen MR) is 109 cm³/mol. The summed E-state index contributed by atoms with van der Waals surface area (Å²) in [6, 6.07) is 17.1. The number of anilines is 1. The van der Waals surface area contributed by atoms with Crippen LogP contribution in [-0.2, 0) is 0 Å². The van der Waals surface area contributed by atoms with Crippen LogP contribution in [-0.4, -0.2) is 31.5 Å². The molecule has 0 spiro atoms. The number of nitrogens with one attached hydrogen (secondary N) is 1. The fourth-order valence-electron chi connectivity index (χ4n) is 2.96. The largest absolute Gasteiger partial charge is 0.387 e. The molecular weight excluding hydrogens is 370 g/mol. The third kappa shape index (κ3) is 4.02. The molecule has 0 fully saturated rings. The Labute approximate surface area is 166 Å². The maximum atomic E-state index is 10.8. The summed E-state index contributed by atoms with van der Waals surface area (Å²) < 4.78 is 0. The van der Waals surface area contributed by atoms with Crippen molar-refractivity contribution in [3.8, 4) is 11.4 Å². The molecule has 0 saturated heterocycles. The molecule has 2 aromatic heterocycles. The second-order valence-electron chi connectivity index (χ2n) is 6.40. The summed E-state index contributed by atoms with van der Waals surface area (Å²) in [7, 11) is 0. The molecule has 0 amide bonds. The van der Waals surface area contributed by atoms with Gasteiger partial charge in [-0.3, -0.25) is 15.1 Å². The van der Waals surface area contributed by atoms with E-state index in [9.17, 15) is 15.2 Å². The zero-order valence-corrected chi connectivity index (χ0v) is 15.3. The molecule has 4 rings (SSSR count). The van der Waals surface area contributed by atoms with Gasteiger partial charge in [0.05, 0.1) is 16.5 Å². The van der Waals surface area contributed by atoms with E-state index >= 15 is 0 Å². The van der Waals surface area contributed by atoms with E-state index in [1.807, 2.05) is 36.4 Å². The molecule has 8 heteroatoms. The van der Waals surface area contributed by atoms with Crippen LogP contribution in [0.1, 0.15) is 11.7 Å². The van der Waals surface area contributed by atoms with Gasteiger partial charge in [-0.05, 0) is 42.0 Å². The second-order valence-corrected chi connectivity index (χ2v) is 6.40. The minimum atomic E-state index is -0.855. The molecule has 0 aliphatic heterocycles. The summed E-state index contributed by atoms with van der Waals surface area (Å²) in [5.41, 5.74) is 2.12. The van der Waals surface area contributed by atoms with E-state index in [0.29, 0.717) is 17.2 Å². The minimum absolute atomic E-state index is 0.0168. The molecule has 0 bridgehead atoms. The average Bonchev–Trinajstić information content (AvgIpc) is 2.77. The van der Waals surface area contributed by atoms with Crippen molar-refractivity contribution in [3.05, 3.63) is 88.7 Å². The lowest BCUT2D eigenvalue weighted by atomic mass is 10.1. The smallest absolute Gasteiger partial charge is 0.269 e. The third-order valence-electron chi connectivity index (χ3n) is 4.47. The van der Waals surface area contributed by atoms with Crippen LogP contribution < -0.4 is 5.32 Å². The van der Waals surface area contributed by atoms with E-state index in [1.165, 1.54) is 12.1 Å². The molecule has 8 nitrogen and oxygen atoms in total. The molecule has 144 valence electrons. The number of benzene rings is 2. The van der Waals surface area contributed by atoms with Crippen LogP contribution in [0.15, 0.2) is 73.1 Å². The molecule has 1 atom stereocenters. The number of aliphatic hydroxyl groups is 1. The van der Waals surface area contributed by atoms with E-state index in [-0.39, 0.29) is 12.2 Å². The van der Waals surface area contributed by atoms with Gasteiger partial charge in [-0.15, -0.1) is 0 Å². The van der Waals surface area contributed by atoms with Gasteiger partial charge in [-0.1, -0.05) is 12.1 Å². The molecule has 2 heterocycles. The Balaban J connectivity index is 1.60. The molecule has 0 saturated carbocycles. The number of para-hydroxylation sites is 1. The topological polar surface area (TPSA) is 114 Å². The monoisotopic (exact) mass is 387 g/mol. The highest BCUT2D eigenvalue weighted by Gasteiger charge is 2.13. The first-order valence-corrected chi connectivity index (χ1v) is 8.95. The number of aliphatic hydroxyl groups excluding tert-OH is 1. The average molecular weight is 387 g/mol. The summed E-state index contributed by atoms with van der Waals surface area (Å²) >= 11 is 0. The number of hydrogen-bond acceptors (Lipinski definition) is 7. The fourth-order valence-corrected chi connectivity index (χ4v) is 2.96. The van der Waals surface area contributed by atoms with Gasteiger partial charge in [0.15, 0.2) is 5.82 Å². The Bertz CT molecular complexity index is 1150. The van der Waals surface area contributed by atoms with Crippen LogP contribution >= 0.6 is 0 Å². The maximum absolute atomic E-state index is 10.8. The van der Waals surface area contributed by atoms with Crippen LogP contribution in [0.4, 0.5) is 11.5 Å². The third-order valence-corrected chi connectivity index (χ3v) is 4.47. The van der Waals surface area contributed by atoms with Crippen LogP contribution in [0.25, 0.3) is 22.3 Å². The van der Waals surface area contributed by atoms with Crippen LogP contribution in [0.2, 0.25) is 0 Å². The summed E-state index contributed by atoms with van der Waals surface area (Å²) in [4.78, 5) is 23.6. The van der Waals surface area contributed by atoms with Crippen molar-refractivity contribution in [1.82, 2.24) is 15.0 Å². The summed E-state index contributed by atoms with van der Waals surface area (Å²) in [5, 5.41) is 25.3. The van der Waals surface area contributed by atoms with Gasteiger partial charge in [-0.2, -0.15) is 0 Å². The van der Waals surface area contributed by atoms with Gasteiger partial charge in [0.2, 0.25) is 0 Å². The van der Waals surface area contributed by atoms with Gasteiger partial charge < -0.3 is 10.4 Å². The Hall–Kier alpha value is -3.91. The second kappa shape index (κ2) is 7.99. The van der Waals surface area contributed by atoms with E-state index in [4.69, 9.17) is 0 Å². The standard InChI is InChI=1S/C21H17N5O3/c27-19(14-7-9-16(10-8-14)26(28)29)13-23-21-17-5-1-2-6-18(17)24-20(25-21)15-4-3-11-22-12-15/h1-12,19,27H,13H2,(H,23,24,25)/t19-/m1/s1.